The zero-order chi connectivity index (χ0) is 14.3. The number of carbonyl (C=O) groups excluding carboxylic acids is 1. The van der Waals surface area contributed by atoms with Gasteiger partial charge in [-0.3, -0.25) is 9.59 Å². The van der Waals surface area contributed by atoms with E-state index in [0.29, 0.717) is 6.54 Å². The standard InChI is InChI=1S/C15H27NO3/c1-3-7-12(2)14(19)16-11-15(10-13(17)18)8-5-4-6-9-15/h12H,3-11H2,1-2H3,(H,16,19)(H,17,18). The van der Waals surface area contributed by atoms with Crippen molar-refractivity contribution in [1.29, 1.82) is 0 Å². The van der Waals surface area contributed by atoms with Crippen molar-refractivity contribution in [3.05, 3.63) is 0 Å². The van der Waals surface area contributed by atoms with E-state index in [2.05, 4.69) is 12.2 Å². The topological polar surface area (TPSA) is 66.4 Å². The third-order valence-corrected chi connectivity index (χ3v) is 4.25. The Hall–Kier alpha value is -1.06. The van der Waals surface area contributed by atoms with Crippen LogP contribution < -0.4 is 5.32 Å². The van der Waals surface area contributed by atoms with Gasteiger partial charge in [-0.15, -0.1) is 0 Å². The predicted octanol–water partition coefficient (Wildman–Crippen LogP) is 2.96. The number of carboxylic acid groups (broad SMARTS) is 1. The van der Waals surface area contributed by atoms with Crippen LogP contribution in [0.2, 0.25) is 0 Å². The van der Waals surface area contributed by atoms with Crippen LogP contribution >= 0.6 is 0 Å². The molecule has 0 heterocycles. The van der Waals surface area contributed by atoms with E-state index in [1.54, 1.807) is 0 Å². The molecule has 110 valence electrons. The summed E-state index contributed by atoms with van der Waals surface area (Å²) in [5.74, 6) is -0.662. The van der Waals surface area contributed by atoms with Gasteiger partial charge in [-0.25, -0.2) is 0 Å². The summed E-state index contributed by atoms with van der Waals surface area (Å²) in [6.45, 7) is 4.52. The summed E-state index contributed by atoms with van der Waals surface area (Å²) in [5.41, 5.74) is -0.217. The molecule has 19 heavy (non-hydrogen) atoms. The molecule has 0 aliphatic heterocycles. The maximum absolute atomic E-state index is 11.9. The number of carboxylic acids is 1. The number of hydrogen-bond acceptors (Lipinski definition) is 2. The predicted molar refractivity (Wildman–Crippen MR) is 74.9 cm³/mol. The van der Waals surface area contributed by atoms with Crippen molar-refractivity contribution >= 4 is 11.9 Å². The van der Waals surface area contributed by atoms with Gasteiger partial charge in [0.05, 0.1) is 6.42 Å². The summed E-state index contributed by atoms with van der Waals surface area (Å²) in [4.78, 5) is 23.0. The number of rotatable bonds is 7. The zero-order valence-electron chi connectivity index (χ0n) is 12.2. The molecule has 2 N–H and O–H groups in total. The summed E-state index contributed by atoms with van der Waals surface area (Å²) in [7, 11) is 0. The van der Waals surface area contributed by atoms with E-state index in [9.17, 15) is 9.59 Å². The Labute approximate surface area is 116 Å². The maximum Gasteiger partial charge on any atom is 0.303 e. The molecule has 1 unspecified atom stereocenters. The van der Waals surface area contributed by atoms with Crippen LogP contribution in [0, 0.1) is 11.3 Å². The molecule has 4 heteroatoms. The van der Waals surface area contributed by atoms with Gasteiger partial charge in [0.2, 0.25) is 5.91 Å². The van der Waals surface area contributed by atoms with Gasteiger partial charge < -0.3 is 10.4 Å². The average molecular weight is 269 g/mol. The van der Waals surface area contributed by atoms with Crippen LogP contribution in [0.1, 0.15) is 65.2 Å². The van der Waals surface area contributed by atoms with E-state index in [-0.39, 0.29) is 23.7 Å². The van der Waals surface area contributed by atoms with Crippen LogP contribution in [0.15, 0.2) is 0 Å². The van der Waals surface area contributed by atoms with Crippen molar-refractivity contribution in [3.63, 3.8) is 0 Å². The van der Waals surface area contributed by atoms with Crippen molar-refractivity contribution in [2.45, 2.75) is 65.2 Å². The first-order valence-corrected chi connectivity index (χ1v) is 7.48. The van der Waals surface area contributed by atoms with Gasteiger partial charge >= 0.3 is 5.97 Å². The van der Waals surface area contributed by atoms with E-state index in [1.165, 1.54) is 6.42 Å². The summed E-state index contributed by atoms with van der Waals surface area (Å²) < 4.78 is 0. The lowest BCUT2D eigenvalue weighted by Gasteiger charge is -2.36. The van der Waals surface area contributed by atoms with Gasteiger partial charge in [-0.05, 0) is 24.7 Å². The lowest BCUT2D eigenvalue weighted by atomic mass is 9.71. The minimum atomic E-state index is -0.752. The molecule has 1 aliphatic carbocycles. The van der Waals surface area contributed by atoms with Gasteiger partial charge in [0.1, 0.15) is 0 Å². The quantitative estimate of drug-likeness (QED) is 0.746. The molecule has 1 amide bonds. The Morgan fingerprint density at radius 2 is 1.89 bits per heavy atom. The molecular formula is C15H27NO3. The first-order valence-electron chi connectivity index (χ1n) is 7.48. The largest absolute Gasteiger partial charge is 0.481 e. The number of carbonyl (C=O) groups is 2. The number of amides is 1. The molecule has 0 aromatic rings. The molecule has 0 saturated heterocycles. The molecule has 1 rings (SSSR count). The van der Waals surface area contributed by atoms with Gasteiger partial charge in [0, 0.05) is 12.5 Å². The van der Waals surface area contributed by atoms with E-state index < -0.39 is 5.97 Å². The fraction of sp³-hybridized carbons (Fsp3) is 0.867. The second kappa shape index (κ2) is 7.51. The van der Waals surface area contributed by atoms with Gasteiger partial charge in [0.15, 0.2) is 0 Å². The molecule has 0 spiro atoms. The monoisotopic (exact) mass is 269 g/mol. The fourth-order valence-corrected chi connectivity index (χ4v) is 3.05. The average Bonchev–Trinajstić information content (AvgIpc) is 2.36. The summed E-state index contributed by atoms with van der Waals surface area (Å²) in [6, 6.07) is 0. The molecule has 1 fully saturated rings. The Balaban J connectivity index is 2.53. The van der Waals surface area contributed by atoms with Crippen LogP contribution in [0.3, 0.4) is 0 Å². The van der Waals surface area contributed by atoms with Crippen molar-refractivity contribution in [3.8, 4) is 0 Å². The first kappa shape index (κ1) is 16.0. The van der Waals surface area contributed by atoms with Gasteiger partial charge in [-0.2, -0.15) is 0 Å². The van der Waals surface area contributed by atoms with Gasteiger partial charge in [-0.1, -0.05) is 39.5 Å². The highest BCUT2D eigenvalue weighted by Gasteiger charge is 2.34. The zero-order valence-corrected chi connectivity index (χ0v) is 12.2. The number of aliphatic carboxylic acids is 1. The summed E-state index contributed by atoms with van der Waals surface area (Å²) in [6.07, 6.45) is 7.23. The van der Waals surface area contributed by atoms with Crippen LogP contribution in [-0.2, 0) is 9.59 Å². The van der Waals surface area contributed by atoms with E-state index in [4.69, 9.17) is 5.11 Å². The summed E-state index contributed by atoms with van der Waals surface area (Å²) in [5, 5.41) is 12.1. The second-order valence-electron chi connectivity index (χ2n) is 6.04. The highest BCUT2D eigenvalue weighted by molar-refractivity contribution is 5.78. The Bertz CT molecular complexity index is 309. The van der Waals surface area contributed by atoms with Crippen LogP contribution in [0.5, 0.6) is 0 Å². The molecular weight excluding hydrogens is 242 g/mol. The summed E-state index contributed by atoms with van der Waals surface area (Å²) >= 11 is 0. The molecule has 4 nitrogen and oxygen atoms in total. The Kier molecular flexibility index (Phi) is 6.32. The minimum absolute atomic E-state index is 0.0236. The molecule has 0 bridgehead atoms. The van der Waals surface area contributed by atoms with E-state index in [1.807, 2.05) is 6.92 Å². The molecule has 1 aliphatic rings. The van der Waals surface area contributed by atoms with Crippen molar-refractivity contribution in [2.24, 2.45) is 11.3 Å². The molecule has 1 saturated carbocycles. The van der Waals surface area contributed by atoms with Gasteiger partial charge in [0.25, 0.3) is 0 Å². The normalized spacial score (nSPS) is 19.7. The molecule has 0 aromatic heterocycles. The van der Waals surface area contributed by atoms with Crippen LogP contribution in [0.4, 0.5) is 0 Å². The minimum Gasteiger partial charge on any atom is -0.481 e. The highest BCUT2D eigenvalue weighted by Crippen LogP contribution is 2.38. The third-order valence-electron chi connectivity index (χ3n) is 4.25. The fourth-order valence-electron chi connectivity index (χ4n) is 3.05. The van der Waals surface area contributed by atoms with Crippen molar-refractivity contribution in [1.82, 2.24) is 5.32 Å². The SMILES string of the molecule is CCCC(C)C(=O)NCC1(CC(=O)O)CCCCC1. The van der Waals surface area contributed by atoms with E-state index in [0.717, 1.165) is 38.5 Å². The third kappa shape index (κ3) is 5.21. The smallest absolute Gasteiger partial charge is 0.303 e. The molecule has 1 atom stereocenters. The first-order chi connectivity index (χ1) is 8.99. The molecule has 0 aromatic carbocycles. The van der Waals surface area contributed by atoms with E-state index >= 15 is 0 Å². The van der Waals surface area contributed by atoms with Crippen LogP contribution in [-0.4, -0.2) is 23.5 Å². The highest BCUT2D eigenvalue weighted by atomic mass is 16.4. The second-order valence-corrected chi connectivity index (χ2v) is 6.04. The Morgan fingerprint density at radius 3 is 2.42 bits per heavy atom. The van der Waals surface area contributed by atoms with Crippen molar-refractivity contribution < 1.29 is 14.7 Å². The lowest BCUT2D eigenvalue weighted by molar-refractivity contribution is -0.141. The maximum atomic E-state index is 11.9. The van der Waals surface area contributed by atoms with Crippen LogP contribution in [0.25, 0.3) is 0 Å². The molecule has 0 radical (unpaired) electrons. The number of hydrogen-bond donors (Lipinski definition) is 2. The number of nitrogens with one attached hydrogen (secondary N) is 1. The van der Waals surface area contributed by atoms with Crippen molar-refractivity contribution in [2.75, 3.05) is 6.54 Å². The Morgan fingerprint density at radius 1 is 1.26 bits per heavy atom. The lowest BCUT2D eigenvalue weighted by Crippen LogP contribution is -2.42.